The lowest BCUT2D eigenvalue weighted by atomic mass is 10.0. The fourth-order valence-electron chi connectivity index (χ4n) is 1.99. The van der Waals surface area contributed by atoms with Crippen molar-refractivity contribution in [1.29, 1.82) is 0 Å². The summed E-state index contributed by atoms with van der Waals surface area (Å²) >= 11 is 0. The number of alkyl carbamates (subject to hydrolysis) is 1. The van der Waals surface area contributed by atoms with Gasteiger partial charge in [-0.3, -0.25) is 0 Å². The maximum absolute atomic E-state index is 11.8. The Balaban J connectivity index is 2.54. The standard InChI is InChI=1S/C15H22ClNO4S/c1-3-12(2)9-14(11-22(16,19)20)17-15(18)21-10-13-7-5-4-6-8-13/h4-8,12,14H,3,9-11H2,1-2H3,(H,17,18). The van der Waals surface area contributed by atoms with Crippen LogP contribution >= 0.6 is 10.7 Å². The Morgan fingerprint density at radius 3 is 2.50 bits per heavy atom. The van der Waals surface area contributed by atoms with Crippen LogP contribution in [0.4, 0.5) is 4.79 Å². The molecule has 124 valence electrons. The zero-order valence-corrected chi connectivity index (χ0v) is 14.4. The van der Waals surface area contributed by atoms with Crippen molar-refractivity contribution in [3.05, 3.63) is 35.9 Å². The molecule has 2 unspecified atom stereocenters. The minimum Gasteiger partial charge on any atom is -0.445 e. The van der Waals surface area contributed by atoms with Crippen LogP contribution in [0.2, 0.25) is 0 Å². The molecule has 0 spiro atoms. The third kappa shape index (κ3) is 8.24. The number of carbonyl (C=O) groups excluding carboxylic acids is 1. The number of hydrogen-bond acceptors (Lipinski definition) is 4. The molecule has 0 bridgehead atoms. The van der Waals surface area contributed by atoms with Crippen molar-refractivity contribution in [3.8, 4) is 0 Å². The molecule has 22 heavy (non-hydrogen) atoms. The second-order valence-electron chi connectivity index (χ2n) is 5.36. The van der Waals surface area contributed by atoms with Crippen LogP contribution in [0.1, 0.15) is 32.3 Å². The van der Waals surface area contributed by atoms with Crippen molar-refractivity contribution < 1.29 is 17.9 Å². The van der Waals surface area contributed by atoms with Gasteiger partial charge < -0.3 is 10.1 Å². The molecule has 0 aliphatic rings. The van der Waals surface area contributed by atoms with Gasteiger partial charge >= 0.3 is 6.09 Å². The van der Waals surface area contributed by atoms with E-state index in [2.05, 4.69) is 5.32 Å². The molecule has 7 heteroatoms. The van der Waals surface area contributed by atoms with Gasteiger partial charge in [-0.05, 0) is 17.9 Å². The van der Waals surface area contributed by atoms with Gasteiger partial charge in [0.2, 0.25) is 9.05 Å². The normalized spacial score (nSPS) is 14.1. The number of halogens is 1. The molecule has 0 radical (unpaired) electrons. The van der Waals surface area contributed by atoms with Gasteiger partial charge in [-0.2, -0.15) is 0 Å². The number of nitrogens with one attached hydrogen (secondary N) is 1. The van der Waals surface area contributed by atoms with Crippen molar-refractivity contribution in [3.63, 3.8) is 0 Å². The summed E-state index contributed by atoms with van der Waals surface area (Å²) in [7, 11) is 1.60. The molecule has 0 aliphatic carbocycles. The van der Waals surface area contributed by atoms with Gasteiger partial charge in [0, 0.05) is 16.7 Å². The molecular weight excluding hydrogens is 326 g/mol. The van der Waals surface area contributed by atoms with Crippen LogP contribution in [-0.2, 0) is 20.4 Å². The number of amides is 1. The lowest BCUT2D eigenvalue weighted by molar-refractivity contribution is 0.135. The van der Waals surface area contributed by atoms with E-state index in [0.717, 1.165) is 12.0 Å². The molecule has 1 amide bonds. The van der Waals surface area contributed by atoms with E-state index in [9.17, 15) is 13.2 Å². The molecule has 0 heterocycles. The Morgan fingerprint density at radius 1 is 1.32 bits per heavy atom. The Labute approximate surface area is 136 Å². The summed E-state index contributed by atoms with van der Waals surface area (Å²) in [6.45, 7) is 4.13. The average molecular weight is 348 g/mol. The summed E-state index contributed by atoms with van der Waals surface area (Å²) in [5, 5.41) is 2.58. The van der Waals surface area contributed by atoms with Gasteiger partial charge in [0.05, 0.1) is 5.75 Å². The van der Waals surface area contributed by atoms with Crippen molar-refractivity contribution in [1.82, 2.24) is 5.32 Å². The molecular formula is C15H22ClNO4S. The maximum atomic E-state index is 11.8. The molecule has 2 atom stereocenters. The van der Waals surface area contributed by atoms with Crippen LogP contribution in [0.5, 0.6) is 0 Å². The van der Waals surface area contributed by atoms with E-state index in [1.807, 2.05) is 44.2 Å². The molecule has 0 saturated carbocycles. The highest BCUT2D eigenvalue weighted by Gasteiger charge is 2.21. The summed E-state index contributed by atoms with van der Waals surface area (Å²) < 4.78 is 27.6. The van der Waals surface area contributed by atoms with E-state index in [-0.39, 0.29) is 18.3 Å². The second kappa shape index (κ2) is 9.00. The maximum Gasteiger partial charge on any atom is 0.407 e. The zero-order chi connectivity index (χ0) is 16.6. The van der Waals surface area contributed by atoms with Gasteiger partial charge in [-0.25, -0.2) is 13.2 Å². The third-order valence-electron chi connectivity index (χ3n) is 3.32. The van der Waals surface area contributed by atoms with Crippen molar-refractivity contribution in [2.24, 2.45) is 5.92 Å². The van der Waals surface area contributed by atoms with Crippen molar-refractivity contribution >= 4 is 25.8 Å². The van der Waals surface area contributed by atoms with Gasteiger partial charge in [0.15, 0.2) is 0 Å². The largest absolute Gasteiger partial charge is 0.445 e. The smallest absolute Gasteiger partial charge is 0.407 e. The number of hydrogen-bond donors (Lipinski definition) is 1. The van der Waals surface area contributed by atoms with Crippen LogP contribution in [0.3, 0.4) is 0 Å². The van der Waals surface area contributed by atoms with E-state index >= 15 is 0 Å². The molecule has 1 aromatic rings. The fraction of sp³-hybridized carbons (Fsp3) is 0.533. The fourth-order valence-corrected chi connectivity index (χ4v) is 3.15. The highest BCUT2D eigenvalue weighted by atomic mass is 35.7. The summed E-state index contributed by atoms with van der Waals surface area (Å²) in [6.07, 6.45) is 0.778. The van der Waals surface area contributed by atoms with Crippen molar-refractivity contribution in [2.45, 2.75) is 39.3 Å². The highest BCUT2D eigenvalue weighted by molar-refractivity contribution is 8.13. The molecule has 0 fully saturated rings. The minimum absolute atomic E-state index is 0.135. The lowest BCUT2D eigenvalue weighted by Crippen LogP contribution is -2.40. The topological polar surface area (TPSA) is 72.5 Å². The van der Waals surface area contributed by atoms with Crippen LogP contribution in [0.25, 0.3) is 0 Å². The van der Waals surface area contributed by atoms with E-state index in [1.165, 1.54) is 0 Å². The minimum atomic E-state index is -3.69. The van der Waals surface area contributed by atoms with E-state index < -0.39 is 21.2 Å². The summed E-state index contributed by atoms with van der Waals surface area (Å²) in [6, 6.07) is 8.70. The second-order valence-corrected chi connectivity index (χ2v) is 8.18. The first kappa shape index (κ1) is 18.8. The van der Waals surface area contributed by atoms with Gasteiger partial charge in [0.25, 0.3) is 0 Å². The molecule has 0 aliphatic heterocycles. The molecule has 0 saturated heterocycles. The Hall–Kier alpha value is -1.27. The summed E-state index contributed by atoms with van der Waals surface area (Å²) in [4.78, 5) is 11.8. The highest BCUT2D eigenvalue weighted by Crippen LogP contribution is 2.13. The molecule has 0 aromatic heterocycles. The number of ether oxygens (including phenoxy) is 1. The molecule has 1 N–H and O–H groups in total. The number of rotatable bonds is 8. The number of carbonyl (C=O) groups is 1. The summed E-state index contributed by atoms with van der Waals surface area (Å²) in [5.41, 5.74) is 0.862. The van der Waals surface area contributed by atoms with Crippen LogP contribution in [0, 0.1) is 5.92 Å². The lowest BCUT2D eigenvalue weighted by Gasteiger charge is -2.20. The van der Waals surface area contributed by atoms with Gasteiger partial charge in [0.1, 0.15) is 6.61 Å². The van der Waals surface area contributed by atoms with Crippen LogP contribution < -0.4 is 5.32 Å². The SMILES string of the molecule is CCC(C)CC(CS(=O)(=O)Cl)NC(=O)OCc1ccccc1. The first-order chi connectivity index (χ1) is 10.3. The molecule has 1 rings (SSSR count). The quantitative estimate of drug-likeness (QED) is 0.732. The predicted octanol–water partition coefficient (Wildman–Crippen LogP) is 3.29. The molecule has 5 nitrogen and oxygen atoms in total. The third-order valence-corrected chi connectivity index (χ3v) is 4.50. The zero-order valence-electron chi connectivity index (χ0n) is 12.8. The average Bonchev–Trinajstić information content (AvgIpc) is 2.44. The monoisotopic (exact) mass is 347 g/mol. The molecule has 1 aromatic carbocycles. The van der Waals surface area contributed by atoms with Gasteiger partial charge in [-0.15, -0.1) is 0 Å². The van der Waals surface area contributed by atoms with E-state index in [1.54, 1.807) is 0 Å². The summed E-state index contributed by atoms with van der Waals surface area (Å²) in [5.74, 6) is -0.0304. The van der Waals surface area contributed by atoms with Crippen molar-refractivity contribution in [2.75, 3.05) is 5.75 Å². The Kier molecular flexibility index (Phi) is 7.68. The first-order valence-corrected chi connectivity index (χ1v) is 9.67. The van der Waals surface area contributed by atoms with E-state index in [4.69, 9.17) is 15.4 Å². The van der Waals surface area contributed by atoms with Gasteiger partial charge in [-0.1, -0.05) is 50.6 Å². The first-order valence-electron chi connectivity index (χ1n) is 7.19. The Bertz CT molecular complexity index is 562. The van der Waals surface area contributed by atoms with Crippen LogP contribution in [-0.4, -0.2) is 26.3 Å². The number of benzene rings is 1. The Morgan fingerprint density at radius 2 is 1.95 bits per heavy atom. The van der Waals surface area contributed by atoms with E-state index in [0.29, 0.717) is 6.42 Å². The predicted molar refractivity (Wildman–Crippen MR) is 87.3 cm³/mol. The van der Waals surface area contributed by atoms with Crippen LogP contribution in [0.15, 0.2) is 30.3 Å².